The van der Waals surface area contributed by atoms with E-state index in [-0.39, 0.29) is 0 Å². The number of sulfonamides is 1. The molecule has 0 saturated heterocycles. The molecule has 0 saturated carbocycles. The number of aryl methyl sites for hydroxylation is 1. The van der Waals surface area contributed by atoms with Gasteiger partial charge in [-0.05, 0) is 36.8 Å². The number of hydrogen-bond acceptors (Lipinski definition) is 5. The lowest BCUT2D eigenvalue weighted by Gasteiger charge is -2.17. The minimum atomic E-state index is -3.37. The summed E-state index contributed by atoms with van der Waals surface area (Å²) in [5, 5.41) is 5.46. The van der Waals surface area contributed by atoms with Gasteiger partial charge >= 0.3 is 0 Å². The van der Waals surface area contributed by atoms with Crippen LogP contribution in [0.1, 0.15) is 5.56 Å². The van der Waals surface area contributed by atoms with Crippen LogP contribution in [-0.4, -0.2) is 26.8 Å². The van der Waals surface area contributed by atoms with Crippen LogP contribution in [0.3, 0.4) is 0 Å². The van der Waals surface area contributed by atoms with E-state index in [1.54, 1.807) is 25.3 Å². The van der Waals surface area contributed by atoms with Gasteiger partial charge in [-0.2, -0.15) is 0 Å². The number of anilines is 3. The van der Waals surface area contributed by atoms with Crippen molar-refractivity contribution in [2.24, 2.45) is 0 Å². The summed E-state index contributed by atoms with van der Waals surface area (Å²) in [6.45, 7) is 2.04. The first-order valence-electron chi connectivity index (χ1n) is 9.06. The average Bonchev–Trinajstić information content (AvgIpc) is 2.67. The largest absolute Gasteiger partial charge is 0.494 e. The van der Waals surface area contributed by atoms with E-state index in [9.17, 15) is 8.42 Å². The Morgan fingerprint density at radius 2 is 1.69 bits per heavy atom. The standard InChI is InChI=1S/C22H21N3O3S/c1-14-8-10-17-20(12-14)23-18-7-5-4-6-16(18)22(17)24-19-11-9-15(13-21(19)28-2)25-29(3,26)27/h4-13,25H,1-3H3,(H,23,24). The van der Waals surface area contributed by atoms with Gasteiger partial charge in [0.25, 0.3) is 0 Å². The molecule has 0 aliphatic heterocycles. The van der Waals surface area contributed by atoms with E-state index in [1.807, 2.05) is 31.2 Å². The first-order valence-corrected chi connectivity index (χ1v) is 11.0. The molecule has 0 amide bonds. The van der Waals surface area contributed by atoms with E-state index in [4.69, 9.17) is 9.72 Å². The molecule has 148 valence electrons. The van der Waals surface area contributed by atoms with Crippen LogP contribution in [-0.2, 0) is 10.0 Å². The van der Waals surface area contributed by atoms with E-state index >= 15 is 0 Å². The van der Waals surface area contributed by atoms with Crippen molar-refractivity contribution < 1.29 is 13.2 Å². The molecule has 7 heteroatoms. The molecule has 0 fully saturated rings. The fourth-order valence-electron chi connectivity index (χ4n) is 3.34. The van der Waals surface area contributed by atoms with Crippen LogP contribution in [0.5, 0.6) is 5.75 Å². The van der Waals surface area contributed by atoms with Crippen LogP contribution < -0.4 is 14.8 Å². The van der Waals surface area contributed by atoms with Gasteiger partial charge in [0.2, 0.25) is 10.0 Å². The summed E-state index contributed by atoms with van der Waals surface area (Å²) in [4.78, 5) is 4.79. The van der Waals surface area contributed by atoms with Gasteiger partial charge in [0.05, 0.1) is 41.5 Å². The molecule has 6 nitrogen and oxygen atoms in total. The summed E-state index contributed by atoms with van der Waals surface area (Å²) in [6, 6.07) is 19.3. The molecular formula is C22H21N3O3S. The first-order chi connectivity index (χ1) is 13.8. The zero-order chi connectivity index (χ0) is 20.6. The van der Waals surface area contributed by atoms with E-state index in [2.05, 4.69) is 28.2 Å². The van der Waals surface area contributed by atoms with Crippen molar-refractivity contribution in [2.75, 3.05) is 23.4 Å². The topological polar surface area (TPSA) is 80.3 Å². The van der Waals surface area contributed by atoms with Crippen LogP contribution in [0.15, 0.2) is 60.7 Å². The van der Waals surface area contributed by atoms with E-state index in [0.29, 0.717) is 11.4 Å². The number of ether oxygens (including phenoxy) is 1. The zero-order valence-corrected chi connectivity index (χ0v) is 17.2. The van der Waals surface area contributed by atoms with Crippen LogP contribution in [0.2, 0.25) is 0 Å². The number of rotatable bonds is 5. The molecule has 1 aromatic heterocycles. The summed E-state index contributed by atoms with van der Waals surface area (Å²) < 4.78 is 31.0. The fraction of sp³-hybridized carbons (Fsp3) is 0.136. The molecule has 3 aromatic carbocycles. The van der Waals surface area contributed by atoms with Crippen molar-refractivity contribution >= 4 is 48.9 Å². The van der Waals surface area contributed by atoms with Crippen molar-refractivity contribution in [3.05, 3.63) is 66.2 Å². The third-order valence-corrected chi connectivity index (χ3v) is 5.21. The average molecular weight is 407 g/mol. The van der Waals surface area contributed by atoms with E-state index in [0.717, 1.165) is 45.0 Å². The summed E-state index contributed by atoms with van der Waals surface area (Å²) in [6.07, 6.45) is 1.11. The zero-order valence-electron chi connectivity index (χ0n) is 16.4. The molecule has 29 heavy (non-hydrogen) atoms. The van der Waals surface area contributed by atoms with Gasteiger partial charge in [-0.25, -0.2) is 13.4 Å². The molecular weight excluding hydrogens is 386 g/mol. The molecule has 0 atom stereocenters. The normalized spacial score (nSPS) is 11.6. The van der Waals surface area contributed by atoms with Crippen LogP contribution >= 0.6 is 0 Å². The van der Waals surface area contributed by atoms with Crippen molar-refractivity contribution in [3.8, 4) is 5.75 Å². The Kier molecular flexibility index (Phi) is 4.76. The maximum Gasteiger partial charge on any atom is 0.229 e. The smallest absolute Gasteiger partial charge is 0.229 e. The second-order valence-corrected chi connectivity index (χ2v) is 8.69. The second-order valence-electron chi connectivity index (χ2n) is 6.94. The summed E-state index contributed by atoms with van der Waals surface area (Å²) >= 11 is 0. The number of nitrogens with one attached hydrogen (secondary N) is 2. The maximum atomic E-state index is 11.5. The lowest BCUT2D eigenvalue weighted by molar-refractivity contribution is 0.417. The highest BCUT2D eigenvalue weighted by atomic mass is 32.2. The van der Waals surface area contributed by atoms with Crippen LogP contribution in [0, 0.1) is 6.92 Å². The van der Waals surface area contributed by atoms with Crippen molar-refractivity contribution in [3.63, 3.8) is 0 Å². The van der Waals surface area contributed by atoms with E-state index < -0.39 is 10.0 Å². The number of hydrogen-bond donors (Lipinski definition) is 2. The number of benzene rings is 3. The number of fused-ring (bicyclic) bond motifs is 2. The van der Waals surface area contributed by atoms with E-state index in [1.165, 1.54) is 0 Å². The van der Waals surface area contributed by atoms with Crippen molar-refractivity contribution in [1.29, 1.82) is 0 Å². The number of nitrogens with zero attached hydrogens (tertiary/aromatic N) is 1. The van der Waals surface area contributed by atoms with Gasteiger partial charge in [0.1, 0.15) is 5.75 Å². The molecule has 0 bridgehead atoms. The highest BCUT2D eigenvalue weighted by molar-refractivity contribution is 7.92. The lowest BCUT2D eigenvalue weighted by atomic mass is 10.1. The van der Waals surface area contributed by atoms with Gasteiger partial charge in [0, 0.05) is 16.8 Å². The predicted octanol–water partition coefficient (Wildman–Crippen LogP) is 4.82. The van der Waals surface area contributed by atoms with Crippen molar-refractivity contribution in [2.45, 2.75) is 6.92 Å². The minimum absolute atomic E-state index is 0.440. The molecule has 0 spiro atoms. The Labute approximate surface area is 169 Å². The number of para-hydroxylation sites is 1. The van der Waals surface area contributed by atoms with Crippen LogP contribution in [0.25, 0.3) is 21.8 Å². The number of pyridine rings is 1. The Balaban J connectivity index is 1.87. The Morgan fingerprint density at radius 1 is 0.931 bits per heavy atom. The number of methoxy groups -OCH3 is 1. The number of aromatic nitrogens is 1. The van der Waals surface area contributed by atoms with Gasteiger partial charge in [-0.15, -0.1) is 0 Å². The molecule has 0 aliphatic rings. The Morgan fingerprint density at radius 3 is 2.45 bits per heavy atom. The molecule has 2 N–H and O–H groups in total. The van der Waals surface area contributed by atoms with Crippen molar-refractivity contribution in [1.82, 2.24) is 4.98 Å². The highest BCUT2D eigenvalue weighted by Gasteiger charge is 2.13. The third-order valence-electron chi connectivity index (χ3n) is 4.60. The molecule has 0 unspecified atom stereocenters. The lowest BCUT2D eigenvalue weighted by Crippen LogP contribution is -2.09. The Bertz CT molecular complexity index is 1330. The van der Waals surface area contributed by atoms with Gasteiger partial charge in [-0.1, -0.05) is 30.3 Å². The fourth-order valence-corrected chi connectivity index (χ4v) is 3.90. The second kappa shape index (κ2) is 7.25. The third kappa shape index (κ3) is 3.95. The molecule has 4 rings (SSSR count). The van der Waals surface area contributed by atoms with Gasteiger partial charge in [0.15, 0.2) is 0 Å². The highest BCUT2D eigenvalue weighted by Crippen LogP contribution is 2.37. The Hall–Kier alpha value is -3.32. The molecule has 0 aliphatic carbocycles. The summed E-state index contributed by atoms with van der Waals surface area (Å²) in [5.74, 6) is 0.528. The molecule has 0 radical (unpaired) electrons. The maximum absolute atomic E-state index is 11.5. The quantitative estimate of drug-likeness (QED) is 0.464. The molecule has 4 aromatic rings. The first kappa shape index (κ1) is 19.0. The monoisotopic (exact) mass is 407 g/mol. The summed E-state index contributed by atoms with van der Waals surface area (Å²) in [7, 11) is -1.82. The SMILES string of the molecule is COc1cc(NS(C)(=O)=O)ccc1Nc1c2ccccc2nc2cc(C)ccc12. The molecule has 1 heterocycles. The predicted molar refractivity (Wildman–Crippen MR) is 119 cm³/mol. The minimum Gasteiger partial charge on any atom is -0.494 e. The van der Waals surface area contributed by atoms with Gasteiger partial charge < -0.3 is 10.1 Å². The summed E-state index contributed by atoms with van der Waals surface area (Å²) in [5.41, 5.74) is 5.02. The van der Waals surface area contributed by atoms with Crippen LogP contribution in [0.4, 0.5) is 17.1 Å². The van der Waals surface area contributed by atoms with Gasteiger partial charge in [-0.3, -0.25) is 4.72 Å².